The fraction of sp³-hybridized carbons (Fsp3) is 0.316. The molecule has 0 radical (unpaired) electrons. The van der Waals surface area contributed by atoms with Gasteiger partial charge in [-0.1, -0.05) is 57.2 Å². The van der Waals surface area contributed by atoms with E-state index in [2.05, 4.69) is 74.3 Å². The summed E-state index contributed by atoms with van der Waals surface area (Å²) < 4.78 is 0. The number of fused-ring (bicyclic) bond motifs is 1. The van der Waals surface area contributed by atoms with E-state index < -0.39 is 0 Å². The second-order valence-electron chi connectivity index (χ2n) is 6.13. The lowest BCUT2D eigenvalue weighted by molar-refractivity contribution is 0.729. The van der Waals surface area contributed by atoms with Crippen LogP contribution in [0.15, 0.2) is 48.5 Å². The van der Waals surface area contributed by atoms with E-state index in [1.54, 1.807) is 0 Å². The van der Waals surface area contributed by atoms with Crippen LogP contribution in [0, 0.1) is 0 Å². The summed E-state index contributed by atoms with van der Waals surface area (Å²) in [5, 5.41) is 0. The van der Waals surface area contributed by atoms with Crippen molar-refractivity contribution in [2.45, 2.75) is 39.0 Å². The van der Waals surface area contributed by atoms with E-state index in [1.807, 2.05) is 0 Å². The first-order valence-corrected chi connectivity index (χ1v) is 7.67. The molecule has 2 nitrogen and oxygen atoms in total. The lowest BCUT2D eigenvalue weighted by Crippen LogP contribution is -1.99. The molecule has 2 heteroatoms. The van der Waals surface area contributed by atoms with Crippen LogP contribution in [-0.4, -0.2) is 9.97 Å². The van der Waals surface area contributed by atoms with Gasteiger partial charge in [0.15, 0.2) is 0 Å². The van der Waals surface area contributed by atoms with Crippen LogP contribution < -0.4 is 0 Å². The summed E-state index contributed by atoms with van der Waals surface area (Å²) in [5.74, 6) is 2.09. The van der Waals surface area contributed by atoms with Crippen LogP contribution in [0.3, 0.4) is 0 Å². The van der Waals surface area contributed by atoms with Crippen LogP contribution >= 0.6 is 0 Å². The summed E-state index contributed by atoms with van der Waals surface area (Å²) in [6, 6.07) is 17.2. The van der Waals surface area contributed by atoms with Gasteiger partial charge in [-0.25, -0.2) is 4.98 Å². The van der Waals surface area contributed by atoms with Crippen LogP contribution in [-0.2, 0) is 6.42 Å². The molecule has 1 atom stereocenters. The predicted molar refractivity (Wildman–Crippen MR) is 88.7 cm³/mol. The highest BCUT2D eigenvalue weighted by molar-refractivity contribution is 5.76. The van der Waals surface area contributed by atoms with E-state index in [0.717, 1.165) is 23.3 Å². The molecule has 1 aromatic heterocycles. The molecular weight excluding hydrogens is 256 g/mol. The molecule has 0 fully saturated rings. The molecule has 3 aromatic rings. The van der Waals surface area contributed by atoms with Crippen LogP contribution in [0.4, 0.5) is 0 Å². The van der Waals surface area contributed by atoms with Crippen molar-refractivity contribution >= 4 is 11.0 Å². The predicted octanol–water partition coefficient (Wildman–Crippen LogP) is 5.03. The van der Waals surface area contributed by atoms with Crippen molar-refractivity contribution in [1.29, 1.82) is 0 Å². The zero-order valence-corrected chi connectivity index (χ0v) is 12.9. The van der Waals surface area contributed by atoms with Crippen molar-refractivity contribution in [3.05, 3.63) is 65.5 Å². The van der Waals surface area contributed by atoms with E-state index in [-0.39, 0.29) is 0 Å². The van der Waals surface area contributed by atoms with Crippen molar-refractivity contribution < 1.29 is 0 Å². The number of hydrogen-bond acceptors (Lipinski definition) is 1. The van der Waals surface area contributed by atoms with Crippen LogP contribution in [0.2, 0.25) is 0 Å². The number of rotatable bonds is 4. The molecule has 0 saturated carbocycles. The molecule has 0 saturated heterocycles. The van der Waals surface area contributed by atoms with Gasteiger partial charge in [0.05, 0.1) is 11.0 Å². The summed E-state index contributed by atoms with van der Waals surface area (Å²) in [6.07, 6.45) is 0.940. The Labute approximate surface area is 126 Å². The minimum Gasteiger partial charge on any atom is -0.342 e. The molecule has 21 heavy (non-hydrogen) atoms. The number of aromatic nitrogens is 2. The topological polar surface area (TPSA) is 28.7 Å². The highest BCUT2D eigenvalue weighted by atomic mass is 14.9. The molecule has 108 valence electrons. The SMILES string of the molecule is CC(C)c1ccc2nc(CC(C)c3ccccc3)[nH]c2c1. The maximum absolute atomic E-state index is 4.72. The maximum atomic E-state index is 4.72. The van der Waals surface area contributed by atoms with Crippen LogP contribution in [0.5, 0.6) is 0 Å². The van der Waals surface area contributed by atoms with Crippen LogP contribution in [0.25, 0.3) is 11.0 Å². The Morgan fingerprint density at radius 3 is 2.43 bits per heavy atom. The van der Waals surface area contributed by atoms with E-state index in [9.17, 15) is 0 Å². The summed E-state index contributed by atoms with van der Waals surface area (Å²) in [6.45, 7) is 6.69. The second-order valence-corrected chi connectivity index (χ2v) is 6.13. The van der Waals surface area contributed by atoms with Crippen molar-refractivity contribution in [1.82, 2.24) is 9.97 Å². The Morgan fingerprint density at radius 2 is 1.71 bits per heavy atom. The number of imidazole rings is 1. The fourth-order valence-corrected chi connectivity index (χ4v) is 2.73. The van der Waals surface area contributed by atoms with Gasteiger partial charge in [-0.3, -0.25) is 0 Å². The third kappa shape index (κ3) is 2.99. The van der Waals surface area contributed by atoms with Crippen LogP contribution in [0.1, 0.15) is 49.6 Å². The van der Waals surface area contributed by atoms with Gasteiger partial charge in [0.25, 0.3) is 0 Å². The van der Waals surface area contributed by atoms with Crippen molar-refractivity contribution in [2.75, 3.05) is 0 Å². The Hall–Kier alpha value is -2.09. The Bertz CT molecular complexity index is 726. The van der Waals surface area contributed by atoms with Crippen molar-refractivity contribution in [3.8, 4) is 0 Å². The van der Waals surface area contributed by atoms with Gasteiger partial charge in [-0.05, 0) is 35.1 Å². The Balaban J connectivity index is 1.84. The quantitative estimate of drug-likeness (QED) is 0.712. The molecule has 0 bridgehead atoms. The first kappa shape index (κ1) is 13.9. The standard InChI is InChI=1S/C19H22N2/c1-13(2)16-9-10-17-18(12-16)21-19(20-17)11-14(3)15-7-5-4-6-8-15/h4-10,12-14H,11H2,1-3H3,(H,20,21). The molecule has 0 amide bonds. The number of nitrogens with one attached hydrogen (secondary N) is 1. The minimum absolute atomic E-state index is 0.469. The first-order valence-electron chi connectivity index (χ1n) is 7.67. The molecule has 1 N–H and O–H groups in total. The monoisotopic (exact) mass is 278 g/mol. The lowest BCUT2D eigenvalue weighted by atomic mass is 9.98. The zero-order chi connectivity index (χ0) is 14.8. The van der Waals surface area contributed by atoms with Crippen molar-refractivity contribution in [3.63, 3.8) is 0 Å². The fourth-order valence-electron chi connectivity index (χ4n) is 2.73. The van der Waals surface area contributed by atoms with E-state index in [4.69, 9.17) is 4.98 Å². The number of nitrogens with zero attached hydrogens (tertiary/aromatic N) is 1. The first-order chi connectivity index (χ1) is 10.1. The molecule has 0 aliphatic carbocycles. The van der Waals surface area contributed by atoms with Gasteiger partial charge in [-0.15, -0.1) is 0 Å². The summed E-state index contributed by atoms with van der Waals surface area (Å²) >= 11 is 0. The smallest absolute Gasteiger partial charge is 0.107 e. The number of hydrogen-bond donors (Lipinski definition) is 1. The lowest BCUT2D eigenvalue weighted by Gasteiger charge is -2.09. The molecule has 0 spiro atoms. The number of H-pyrrole nitrogens is 1. The number of aromatic amines is 1. The van der Waals surface area contributed by atoms with E-state index in [1.165, 1.54) is 11.1 Å². The highest BCUT2D eigenvalue weighted by Gasteiger charge is 2.10. The normalized spacial score (nSPS) is 13.0. The van der Waals surface area contributed by atoms with Gasteiger partial charge in [0.1, 0.15) is 5.82 Å². The Morgan fingerprint density at radius 1 is 0.952 bits per heavy atom. The molecule has 0 aliphatic heterocycles. The van der Waals surface area contributed by atoms with Gasteiger partial charge in [0.2, 0.25) is 0 Å². The largest absolute Gasteiger partial charge is 0.342 e. The van der Waals surface area contributed by atoms with Crippen molar-refractivity contribution in [2.24, 2.45) is 0 Å². The summed E-state index contributed by atoms with van der Waals surface area (Å²) in [7, 11) is 0. The molecular formula is C19H22N2. The van der Waals surface area contributed by atoms with E-state index in [0.29, 0.717) is 11.8 Å². The number of benzene rings is 2. The third-order valence-electron chi connectivity index (χ3n) is 4.09. The molecule has 0 aliphatic rings. The average molecular weight is 278 g/mol. The van der Waals surface area contributed by atoms with Gasteiger partial charge in [-0.2, -0.15) is 0 Å². The molecule has 1 heterocycles. The van der Waals surface area contributed by atoms with Gasteiger partial charge in [0, 0.05) is 6.42 Å². The zero-order valence-electron chi connectivity index (χ0n) is 12.9. The average Bonchev–Trinajstić information content (AvgIpc) is 2.89. The highest BCUT2D eigenvalue weighted by Crippen LogP contribution is 2.23. The molecule has 1 unspecified atom stereocenters. The third-order valence-corrected chi connectivity index (χ3v) is 4.09. The Kier molecular flexibility index (Phi) is 3.78. The van der Waals surface area contributed by atoms with E-state index >= 15 is 0 Å². The minimum atomic E-state index is 0.469. The maximum Gasteiger partial charge on any atom is 0.107 e. The van der Waals surface area contributed by atoms with Gasteiger partial charge >= 0.3 is 0 Å². The second kappa shape index (κ2) is 5.72. The molecule has 3 rings (SSSR count). The summed E-state index contributed by atoms with van der Waals surface area (Å²) in [4.78, 5) is 8.20. The molecule has 2 aromatic carbocycles. The summed E-state index contributed by atoms with van der Waals surface area (Å²) in [5.41, 5.74) is 4.93. The van der Waals surface area contributed by atoms with Gasteiger partial charge < -0.3 is 4.98 Å².